The molecule has 2 N–H and O–H groups in total. The van der Waals surface area contributed by atoms with E-state index in [1.165, 1.54) is 12.0 Å². The lowest BCUT2D eigenvalue weighted by Crippen LogP contribution is -2.26. The molecule has 3 rings (SSSR count). The summed E-state index contributed by atoms with van der Waals surface area (Å²) in [5, 5.41) is 15.5. The van der Waals surface area contributed by atoms with Crippen LogP contribution in [0.3, 0.4) is 0 Å². The second-order valence-corrected chi connectivity index (χ2v) is 8.63. The molecule has 0 spiro atoms. The molecule has 2 heterocycles. The predicted octanol–water partition coefficient (Wildman–Crippen LogP) is 3.60. The summed E-state index contributed by atoms with van der Waals surface area (Å²) in [5.74, 6) is -0.0575. The molecule has 1 aliphatic heterocycles. The van der Waals surface area contributed by atoms with Crippen molar-refractivity contribution < 1.29 is 14.7 Å². The predicted molar refractivity (Wildman–Crippen MR) is 122 cm³/mol. The maximum absolute atomic E-state index is 12.9. The number of carboxylic acids is 1. The molecule has 0 bridgehead atoms. The number of aromatic nitrogens is 2. The fourth-order valence-electron chi connectivity index (χ4n) is 3.96. The van der Waals surface area contributed by atoms with Gasteiger partial charge in [0, 0.05) is 43.4 Å². The third-order valence-electron chi connectivity index (χ3n) is 5.59. The van der Waals surface area contributed by atoms with Crippen LogP contribution in [0.25, 0.3) is 0 Å². The van der Waals surface area contributed by atoms with Crippen LogP contribution in [-0.4, -0.2) is 51.8 Å². The molecular weight excluding hydrogens is 392 g/mol. The van der Waals surface area contributed by atoms with Gasteiger partial charge < -0.3 is 15.3 Å². The van der Waals surface area contributed by atoms with Crippen LogP contribution in [0, 0.1) is 19.8 Å². The van der Waals surface area contributed by atoms with E-state index >= 15 is 0 Å². The molecule has 7 heteroatoms. The average molecular weight is 429 g/mol. The van der Waals surface area contributed by atoms with Gasteiger partial charge in [0.2, 0.25) is 0 Å². The van der Waals surface area contributed by atoms with Gasteiger partial charge in [0.05, 0.1) is 5.69 Å². The summed E-state index contributed by atoms with van der Waals surface area (Å²) in [6, 6.07) is 8.46. The summed E-state index contributed by atoms with van der Waals surface area (Å²) in [4.78, 5) is 23.6. The Balaban J connectivity index is 0.000000785. The van der Waals surface area contributed by atoms with Crippen LogP contribution < -0.4 is 5.32 Å². The van der Waals surface area contributed by atoms with E-state index in [2.05, 4.69) is 43.3 Å². The van der Waals surface area contributed by atoms with Gasteiger partial charge in [-0.15, -0.1) is 0 Å². The molecule has 1 aromatic heterocycles. The molecule has 1 unspecified atom stereocenters. The maximum atomic E-state index is 12.9. The summed E-state index contributed by atoms with van der Waals surface area (Å²) >= 11 is 0. The molecule has 0 radical (unpaired) electrons. The molecule has 170 valence electrons. The van der Waals surface area contributed by atoms with Crippen molar-refractivity contribution in [1.29, 1.82) is 0 Å². The van der Waals surface area contributed by atoms with Crippen LogP contribution in [0.2, 0.25) is 0 Å². The summed E-state index contributed by atoms with van der Waals surface area (Å²) in [6.45, 7) is 12.2. The highest BCUT2D eigenvalue weighted by Gasteiger charge is 2.19. The summed E-state index contributed by atoms with van der Waals surface area (Å²) in [6.07, 6.45) is 2.33. The van der Waals surface area contributed by atoms with Gasteiger partial charge in [-0.2, -0.15) is 5.10 Å². The van der Waals surface area contributed by atoms with Crippen LogP contribution in [0.15, 0.2) is 24.3 Å². The minimum Gasteiger partial charge on any atom is -0.481 e. The summed E-state index contributed by atoms with van der Waals surface area (Å²) in [5.41, 5.74) is 5.35. The van der Waals surface area contributed by atoms with Gasteiger partial charge in [-0.25, -0.2) is 0 Å². The van der Waals surface area contributed by atoms with Gasteiger partial charge in [0.15, 0.2) is 0 Å². The molecule has 1 amide bonds. The van der Waals surface area contributed by atoms with Crippen LogP contribution in [0.1, 0.15) is 66.1 Å². The van der Waals surface area contributed by atoms with E-state index in [1.54, 1.807) is 4.90 Å². The normalized spacial score (nSPS) is 15.5. The number of hydrogen-bond acceptors (Lipinski definition) is 4. The van der Waals surface area contributed by atoms with Crippen molar-refractivity contribution in [3.63, 3.8) is 0 Å². The first-order valence-corrected chi connectivity index (χ1v) is 10.9. The minimum atomic E-state index is -0.833. The molecule has 2 aromatic rings. The number of amides is 1. The Morgan fingerprint density at radius 3 is 2.35 bits per heavy atom. The standard InChI is InChI=1S/C22H32N4O.C2H4O2/c1-15(2)26-17(4)21(16(3)24-26)14-25(5)22(27)20-8-6-18(7-9-20)12-19-10-11-23-13-19;1-2(3)4/h6-9,15,19,23H,10-14H2,1-5H3;1H3,(H,3,4). The molecule has 31 heavy (non-hydrogen) atoms. The van der Waals surface area contributed by atoms with Gasteiger partial charge in [-0.3, -0.25) is 14.3 Å². The van der Waals surface area contributed by atoms with Crippen molar-refractivity contribution in [3.8, 4) is 0 Å². The van der Waals surface area contributed by atoms with E-state index in [0.717, 1.165) is 54.9 Å². The number of aliphatic carboxylic acids is 1. The summed E-state index contributed by atoms with van der Waals surface area (Å²) in [7, 11) is 1.87. The number of nitrogens with zero attached hydrogens (tertiary/aromatic N) is 3. The zero-order valence-corrected chi connectivity index (χ0v) is 19.6. The van der Waals surface area contributed by atoms with Crippen LogP contribution in [0.5, 0.6) is 0 Å². The molecule has 1 aliphatic rings. The highest BCUT2D eigenvalue weighted by atomic mass is 16.4. The second kappa shape index (κ2) is 11.1. The topological polar surface area (TPSA) is 87.5 Å². The van der Waals surface area contributed by atoms with Crippen molar-refractivity contribution >= 4 is 11.9 Å². The third kappa shape index (κ3) is 6.92. The smallest absolute Gasteiger partial charge is 0.300 e. The Morgan fingerprint density at radius 1 is 1.26 bits per heavy atom. The first-order valence-electron chi connectivity index (χ1n) is 10.9. The zero-order valence-electron chi connectivity index (χ0n) is 19.6. The Bertz CT molecular complexity index is 877. The maximum Gasteiger partial charge on any atom is 0.300 e. The number of carbonyl (C=O) groups is 2. The van der Waals surface area contributed by atoms with E-state index in [1.807, 2.05) is 30.8 Å². The lowest BCUT2D eigenvalue weighted by Gasteiger charge is -2.18. The van der Waals surface area contributed by atoms with Crippen molar-refractivity contribution in [3.05, 3.63) is 52.3 Å². The first kappa shape index (κ1) is 24.6. The lowest BCUT2D eigenvalue weighted by molar-refractivity contribution is -0.134. The highest BCUT2D eigenvalue weighted by Crippen LogP contribution is 2.20. The summed E-state index contributed by atoms with van der Waals surface area (Å²) < 4.78 is 2.04. The second-order valence-electron chi connectivity index (χ2n) is 8.63. The van der Waals surface area contributed by atoms with E-state index in [0.29, 0.717) is 12.6 Å². The van der Waals surface area contributed by atoms with Gasteiger partial charge in [-0.05, 0) is 77.2 Å². The van der Waals surface area contributed by atoms with E-state index in [9.17, 15) is 4.79 Å². The Labute approximate surface area is 185 Å². The largest absolute Gasteiger partial charge is 0.481 e. The van der Waals surface area contributed by atoms with Crippen LogP contribution in [-0.2, 0) is 17.8 Å². The number of carbonyl (C=O) groups excluding carboxylic acids is 1. The SMILES string of the molecule is CC(=O)O.Cc1nn(C(C)C)c(C)c1CN(C)C(=O)c1ccc(CC2CCNC2)cc1. The molecule has 0 aliphatic carbocycles. The number of rotatable bonds is 6. The molecule has 0 saturated carbocycles. The van der Waals surface area contributed by atoms with Crippen molar-refractivity contribution in [2.45, 2.75) is 60.0 Å². The molecule has 1 fully saturated rings. The molecule has 1 aromatic carbocycles. The van der Waals surface area contributed by atoms with Gasteiger partial charge in [-0.1, -0.05) is 12.1 Å². The first-order chi connectivity index (χ1) is 14.6. The van der Waals surface area contributed by atoms with Crippen LogP contribution in [0.4, 0.5) is 0 Å². The van der Waals surface area contributed by atoms with Gasteiger partial charge >= 0.3 is 0 Å². The van der Waals surface area contributed by atoms with E-state index in [-0.39, 0.29) is 5.91 Å². The fourth-order valence-corrected chi connectivity index (χ4v) is 3.96. The van der Waals surface area contributed by atoms with E-state index < -0.39 is 5.97 Å². The number of aryl methyl sites for hydroxylation is 1. The lowest BCUT2D eigenvalue weighted by atomic mass is 9.98. The minimum absolute atomic E-state index is 0.0557. The average Bonchev–Trinajstić information content (AvgIpc) is 3.31. The Hall–Kier alpha value is -2.67. The third-order valence-corrected chi connectivity index (χ3v) is 5.59. The molecule has 7 nitrogen and oxygen atoms in total. The van der Waals surface area contributed by atoms with Crippen LogP contribution >= 0.6 is 0 Å². The number of nitrogens with one attached hydrogen (secondary N) is 1. The number of carboxylic acid groups (broad SMARTS) is 1. The highest BCUT2D eigenvalue weighted by molar-refractivity contribution is 5.94. The Morgan fingerprint density at radius 2 is 1.87 bits per heavy atom. The Kier molecular flexibility index (Phi) is 8.80. The molecule has 1 saturated heterocycles. The van der Waals surface area contributed by atoms with Crippen molar-refractivity contribution in [2.75, 3.05) is 20.1 Å². The molecule has 1 atom stereocenters. The zero-order chi connectivity index (χ0) is 23.1. The number of hydrogen-bond donors (Lipinski definition) is 2. The van der Waals surface area contributed by atoms with Gasteiger partial charge in [0.25, 0.3) is 11.9 Å². The van der Waals surface area contributed by atoms with Gasteiger partial charge in [0.1, 0.15) is 0 Å². The number of benzene rings is 1. The quantitative estimate of drug-likeness (QED) is 0.734. The fraction of sp³-hybridized carbons (Fsp3) is 0.542. The van der Waals surface area contributed by atoms with Crippen molar-refractivity contribution in [1.82, 2.24) is 20.0 Å². The van der Waals surface area contributed by atoms with E-state index in [4.69, 9.17) is 9.90 Å². The molecular formula is C24H36N4O3. The monoisotopic (exact) mass is 428 g/mol. The van der Waals surface area contributed by atoms with Crippen molar-refractivity contribution in [2.24, 2.45) is 5.92 Å².